The van der Waals surface area contributed by atoms with E-state index in [4.69, 9.17) is 9.47 Å². The summed E-state index contributed by atoms with van der Waals surface area (Å²) in [6.45, 7) is 1.27. The van der Waals surface area contributed by atoms with Gasteiger partial charge in [-0.05, 0) is 61.9 Å². The molecule has 2 N–H and O–H groups in total. The molecule has 8 nitrogen and oxygen atoms in total. The Balaban J connectivity index is 1.40. The largest absolute Gasteiger partial charge is 0.486 e. The van der Waals surface area contributed by atoms with Gasteiger partial charge in [-0.3, -0.25) is 9.52 Å². The summed E-state index contributed by atoms with van der Waals surface area (Å²) >= 11 is 1.65. The van der Waals surface area contributed by atoms with Crippen molar-refractivity contribution in [3.8, 4) is 11.5 Å². The van der Waals surface area contributed by atoms with E-state index >= 15 is 0 Å². The normalized spacial score (nSPS) is 14.0. The first-order valence-electron chi connectivity index (χ1n) is 10.3. The summed E-state index contributed by atoms with van der Waals surface area (Å²) in [5, 5.41) is 4.97. The number of carbonyl (C=O) groups is 1. The second-order valence-corrected chi connectivity index (χ2v) is 10.4. The van der Waals surface area contributed by atoms with Crippen molar-refractivity contribution in [3.05, 3.63) is 70.4 Å². The van der Waals surface area contributed by atoms with Crippen LogP contribution in [0.4, 0.5) is 5.69 Å². The van der Waals surface area contributed by atoms with Gasteiger partial charge in [0.15, 0.2) is 11.5 Å². The van der Waals surface area contributed by atoms with Crippen molar-refractivity contribution in [1.29, 1.82) is 0 Å². The monoisotopic (exact) mass is 487 g/mol. The lowest BCUT2D eigenvalue weighted by Gasteiger charge is -2.23. The minimum Gasteiger partial charge on any atom is -0.486 e. The third-order valence-corrected chi connectivity index (χ3v) is 7.53. The molecule has 174 valence electrons. The number of amides is 1. The van der Waals surface area contributed by atoms with Crippen LogP contribution < -0.4 is 19.5 Å². The highest BCUT2D eigenvalue weighted by Gasteiger charge is 2.20. The molecule has 0 spiro atoms. The first kappa shape index (κ1) is 23.1. The number of carbonyl (C=O) groups excluding carboxylic acids is 1. The van der Waals surface area contributed by atoms with Crippen molar-refractivity contribution in [3.63, 3.8) is 0 Å². The highest BCUT2D eigenvalue weighted by atomic mass is 32.2. The molecule has 0 radical (unpaired) electrons. The maximum atomic E-state index is 12.8. The number of nitrogens with zero attached hydrogens (tertiary/aromatic N) is 1. The van der Waals surface area contributed by atoms with Crippen LogP contribution in [0.2, 0.25) is 0 Å². The summed E-state index contributed by atoms with van der Waals surface area (Å²) in [4.78, 5) is 15.9. The number of thiophene rings is 1. The Morgan fingerprint density at radius 2 is 1.79 bits per heavy atom. The van der Waals surface area contributed by atoms with E-state index in [1.807, 2.05) is 31.6 Å². The zero-order valence-corrected chi connectivity index (χ0v) is 19.9. The van der Waals surface area contributed by atoms with Crippen molar-refractivity contribution in [2.24, 2.45) is 0 Å². The molecule has 0 aliphatic carbocycles. The molecular weight excluding hydrogens is 462 g/mol. The quantitative estimate of drug-likeness (QED) is 0.506. The van der Waals surface area contributed by atoms with E-state index in [0.29, 0.717) is 42.5 Å². The van der Waals surface area contributed by atoms with Crippen molar-refractivity contribution < 1.29 is 22.7 Å². The average Bonchev–Trinajstić information content (AvgIpc) is 3.33. The zero-order chi connectivity index (χ0) is 23.4. The van der Waals surface area contributed by atoms with Crippen LogP contribution in [0, 0.1) is 0 Å². The van der Waals surface area contributed by atoms with Gasteiger partial charge in [0.05, 0.1) is 10.9 Å². The van der Waals surface area contributed by atoms with Gasteiger partial charge >= 0.3 is 0 Å². The zero-order valence-electron chi connectivity index (χ0n) is 18.3. The molecule has 1 atom stereocenters. The Labute approximate surface area is 197 Å². The maximum absolute atomic E-state index is 12.8. The van der Waals surface area contributed by atoms with E-state index in [-0.39, 0.29) is 16.8 Å². The topological polar surface area (TPSA) is 97.0 Å². The van der Waals surface area contributed by atoms with E-state index in [9.17, 15) is 13.2 Å². The molecule has 1 aromatic heterocycles. The molecule has 4 rings (SSSR count). The lowest BCUT2D eigenvalue weighted by Crippen LogP contribution is -2.34. The number of hydrogen-bond donors (Lipinski definition) is 2. The molecule has 2 aromatic carbocycles. The van der Waals surface area contributed by atoms with Gasteiger partial charge in [-0.2, -0.15) is 0 Å². The molecule has 3 aromatic rings. The predicted octanol–water partition coefficient (Wildman–Crippen LogP) is 3.35. The highest BCUT2D eigenvalue weighted by molar-refractivity contribution is 7.92. The number of benzene rings is 2. The molecule has 2 heterocycles. The lowest BCUT2D eigenvalue weighted by molar-refractivity contribution is 0.0942. The van der Waals surface area contributed by atoms with E-state index in [1.54, 1.807) is 41.7 Å². The van der Waals surface area contributed by atoms with Crippen molar-refractivity contribution in [2.75, 3.05) is 38.6 Å². The van der Waals surface area contributed by atoms with Gasteiger partial charge in [-0.15, -0.1) is 11.3 Å². The molecule has 1 aliphatic rings. The first-order valence-corrected chi connectivity index (χ1v) is 12.7. The number of ether oxygens (including phenoxy) is 2. The van der Waals surface area contributed by atoms with Crippen LogP contribution in [0.15, 0.2) is 64.9 Å². The van der Waals surface area contributed by atoms with Crippen molar-refractivity contribution in [2.45, 2.75) is 10.9 Å². The van der Waals surface area contributed by atoms with E-state index < -0.39 is 10.0 Å². The summed E-state index contributed by atoms with van der Waals surface area (Å²) < 4.78 is 39.0. The summed E-state index contributed by atoms with van der Waals surface area (Å²) in [5.41, 5.74) is 0.798. The number of rotatable bonds is 8. The molecule has 0 saturated carbocycles. The van der Waals surface area contributed by atoms with Gasteiger partial charge in [0, 0.05) is 28.7 Å². The molecule has 1 amide bonds. The fraction of sp³-hybridized carbons (Fsp3) is 0.261. The number of fused-ring (bicyclic) bond motifs is 1. The Hall–Kier alpha value is -3.08. The highest BCUT2D eigenvalue weighted by Crippen LogP contribution is 2.32. The second-order valence-electron chi connectivity index (χ2n) is 7.69. The van der Waals surface area contributed by atoms with Crippen molar-refractivity contribution >= 4 is 33.0 Å². The summed E-state index contributed by atoms with van der Waals surface area (Å²) in [6, 6.07) is 14.9. The Morgan fingerprint density at radius 3 is 2.45 bits per heavy atom. The Kier molecular flexibility index (Phi) is 6.87. The van der Waals surface area contributed by atoms with Gasteiger partial charge < -0.3 is 19.7 Å². The van der Waals surface area contributed by atoms with Crippen LogP contribution in [-0.4, -0.2) is 53.1 Å². The average molecular weight is 488 g/mol. The van der Waals surface area contributed by atoms with Crippen LogP contribution >= 0.6 is 11.3 Å². The van der Waals surface area contributed by atoms with Crippen LogP contribution in [0.5, 0.6) is 11.5 Å². The fourth-order valence-corrected chi connectivity index (χ4v) is 5.40. The standard InChI is InChI=1S/C23H25N3O5S2/c1-26(2)19(22-4-3-13-32-22)15-24-23(27)16-5-7-17(8-6-16)25-33(28,29)18-9-10-20-21(14-18)31-12-11-30-20/h3-10,13-14,19,25H,11-12,15H2,1-2H3,(H,24,27). The van der Waals surface area contributed by atoms with Crippen molar-refractivity contribution in [1.82, 2.24) is 10.2 Å². The van der Waals surface area contributed by atoms with E-state index in [0.717, 1.165) is 0 Å². The minimum absolute atomic E-state index is 0.0665. The molecule has 0 fully saturated rings. The minimum atomic E-state index is -3.83. The molecule has 33 heavy (non-hydrogen) atoms. The smallest absolute Gasteiger partial charge is 0.262 e. The molecular formula is C23H25N3O5S2. The molecule has 0 saturated heterocycles. The van der Waals surface area contributed by atoms with Crippen LogP contribution in [-0.2, 0) is 10.0 Å². The van der Waals surface area contributed by atoms with Gasteiger partial charge in [0.1, 0.15) is 13.2 Å². The second kappa shape index (κ2) is 9.82. The Morgan fingerprint density at radius 1 is 1.06 bits per heavy atom. The van der Waals surface area contributed by atoms with Crippen LogP contribution in [0.3, 0.4) is 0 Å². The fourth-order valence-electron chi connectivity index (χ4n) is 3.40. The van der Waals surface area contributed by atoms with Gasteiger partial charge in [-0.25, -0.2) is 8.42 Å². The predicted molar refractivity (Wildman–Crippen MR) is 128 cm³/mol. The summed E-state index contributed by atoms with van der Waals surface area (Å²) in [5.74, 6) is 0.695. The van der Waals surface area contributed by atoms with Gasteiger partial charge in [0.25, 0.3) is 15.9 Å². The number of sulfonamides is 1. The SMILES string of the molecule is CN(C)C(CNC(=O)c1ccc(NS(=O)(=O)c2ccc3c(c2)OCCO3)cc1)c1cccs1. The number of hydrogen-bond acceptors (Lipinski definition) is 7. The van der Waals surface area contributed by atoms with Gasteiger partial charge in [0.2, 0.25) is 0 Å². The van der Waals surface area contributed by atoms with E-state index in [1.165, 1.54) is 17.0 Å². The maximum Gasteiger partial charge on any atom is 0.262 e. The van der Waals surface area contributed by atoms with Crippen LogP contribution in [0.25, 0.3) is 0 Å². The molecule has 1 unspecified atom stereocenters. The molecule has 1 aliphatic heterocycles. The number of likely N-dealkylation sites (N-methyl/N-ethyl adjacent to an activating group) is 1. The molecule has 0 bridgehead atoms. The first-order chi connectivity index (χ1) is 15.8. The van der Waals surface area contributed by atoms with Gasteiger partial charge in [-0.1, -0.05) is 6.07 Å². The third-order valence-electron chi connectivity index (χ3n) is 5.17. The Bertz CT molecular complexity index is 1210. The lowest BCUT2D eigenvalue weighted by atomic mass is 10.1. The molecule has 10 heteroatoms. The number of nitrogens with one attached hydrogen (secondary N) is 2. The number of anilines is 1. The van der Waals surface area contributed by atoms with E-state index in [2.05, 4.69) is 14.9 Å². The van der Waals surface area contributed by atoms with Crippen LogP contribution in [0.1, 0.15) is 21.3 Å². The summed E-state index contributed by atoms with van der Waals surface area (Å²) in [6.07, 6.45) is 0. The summed E-state index contributed by atoms with van der Waals surface area (Å²) in [7, 11) is 0.116. The third kappa shape index (κ3) is 5.47.